The molecule has 116 valence electrons. The summed E-state index contributed by atoms with van der Waals surface area (Å²) in [6, 6.07) is 13.5. The van der Waals surface area contributed by atoms with Crippen molar-refractivity contribution in [3.05, 3.63) is 59.7 Å². The molecule has 0 aliphatic rings. The third kappa shape index (κ3) is 4.35. The van der Waals surface area contributed by atoms with E-state index in [9.17, 15) is 13.2 Å². The fourth-order valence-corrected chi connectivity index (χ4v) is 2.88. The van der Waals surface area contributed by atoms with E-state index in [1.54, 1.807) is 11.8 Å². The molecule has 0 unspecified atom stereocenters. The minimum absolute atomic E-state index is 0.103. The van der Waals surface area contributed by atoms with Crippen LogP contribution in [-0.2, 0) is 21.2 Å². The Kier molecular flexibility index (Phi) is 5.26. The van der Waals surface area contributed by atoms with Gasteiger partial charge in [0.05, 0.1) is 10.5 Å². The van der Waals surface area contributed by atoms with Crippen molar-refractivity contribution in [2.24, 2.45) is 0 Å². The highest BCUT2D eigenvalue weighted by atomic mass is 32.2. The summed E-state index contributed by atoms with van der Waals surface area (Å²) in [7, 11) is -3.34. The second kappa shape index (κ2) is 6.98. The molecule has 0 amide bonds. The number of thioether (sulfide) groups is 1. The van der Waals surface area contributed by atoms with E-state index in [1.807, 2.05) is 30.5 Å². The van der Waals surface area contributed by atoms with Gasteiger partial charge in [0.2, 0.25) is 0 Å². The number of ether oxygens (including phenoxy) is 1. The topological polar surface area (TPSA) is 60.4 Å². The highest BCUT2D eigenvalue weighted by Gasteiger charge is 2.12. The highest BCUT2D eigenvalue weighted by Crippen LogP contribution is 2.16. The van der Waals surface area contributed by atoms with Crippen molar-refractivity contribution < 1.29 is 17.9 Å². The summed E-state index contributed by atoms with van der Waals surface area (Å²) in [5.74, 6) is -0.542. The van der Waals surface area contributed by atoms with Crippen LogP contribution in [0.3, 0.4) is 0 Å². The summed E-state index contributed by atoms with van der Waals surface area (Å²) in [5.41, 5.74) is 1.11. The zero-order valence-corrected chi connectivity index (χ0v) is 13.9. The first-order chi connectivity index (χ1) is 10.4. The second-order valence-corrected chi connectivity index (χ2v) is 7.62. The Morgan fingerprint density at radius 2 is 1.82 bits per heavy atom. The lowest BCUT2D eigenvalue weighted by atomic mass is 10.2. The number of carbonyl (C=O) groups is 1. The van der Waals surface area contributed by atoms with Crippen molar-refractivity contribution in [2.45, 2.75) is 16.4 Å². The lowest BCUT2D eigenvalue weighted by Gasteiger charge is -2.07. The van der Waals surface area contributed by atoms with Crippen molar-refractivity contribution in [1.29, 1.82) is 0 Å². The maximum atomic E-state index is 12.0. The number of sulfone groups is 1. The smallest absolute Gasteiger partial charge is 0.338 e. The molecule has 0 heterocycles. The van der Waals surface area contributed by atoms with E-state index in [-0.39, 0.29) is 17.1 Å². The number of benzene rings is 2. The highest BCUT2D eigenvalue weighted by molar-refractivity contribution is 7.98. The van der Waals surface area contributed by atoms with Crippen LogP contribution in [0, 0.1) is 0 Å². The molecule has 0 spiro atoms. The van der Waals surface area contributed by atoms with Crippen molar-refractivity contribution >= 4 is 27.6 Å². The third-order valence-corrected chi connectivity index (χ3v) is 4.88. The molecule has 0 atom stereocenters. The van der Waals surface area contributed by atoms with E-state index in [4.69, 9.17) is 4.74 Å². The van der Waals surface area contributed by atoms with Crippen LogP contribution >= 0.6 is 11.8 Å². The van der Waals surface area contributed by atoms with Gasteiger partial charge in [0.1, 0.15) is 6.61 Å². The molecule has 0 fully saturated rings. The van der Waals surface area contributed by atoms with E-state index in [0.717, 1.165) is 16.7 Å². The molecule has 0 saturated carbocycles. The van der Waals surface area contributed by atoms with Gasteiger partial charge in [-0.3, -0.25) is 0 Å². The monoisotopic (exact) mass is 336 g/mol. The Morgan fingerprint density at radius 3 is 2.41 bits per heavy atom. The Hall–Kier alpha value is -1.79. The lowest BCUT2D eigenvalue weighted by Crippen LogP contribution is -2.07. The zero-order chi connectivity index (χ0) is 16.2. The number of carbonyl (C=O) groups excluding carboxylic acids is 1. The second-order valence-electron chi connectivity index (χ2n) is 4.72. The van der Waals surface area contributed by atoms with Gasteiger partial charge in [-0.15, -0.1) is 11.8 Å². The summed E-state index contributed by atoms with van der Waals surface area (Å²) >= 11 is 1.64. The zero-order valence-electron chi connectivity index (χ0n) is 12.3. The van der Waals surface area contributed by atoms with E-state index in [1.165, 1.54) is 24.3 Å². The molecule has 0 bridgehead atoms. The van der Waals surface area contributed by atoms with Gasteiger partial charge in [-0.1, -0.05) is 18.2 Å². The maximum Gasteiger partial charge on any atom is 0.338 e. The predicted octanol–water partition coefficient (Wildman–Crippen LogP) is 3.17. The van der Waals surface area contributed by atoms with Crippen LogP contribution in [0.4, 0.5) is 0 Å². The molecule has 22 heavy (non-hydrogen) atoms. The molecule has 0 aliphatic carbocycles. The van der Waals surface area contributed by atoms with Gasteiger partial charge in [0, 0.05) is 11.2 Å². The van der Waals surface area contributed by atoms with Gasteiger partial charge in [-0.05, 0) is 42.2 Å². The Labute approximate surface area is 134 Å². The van der Waals surface area contributed by atoms with Crippen LogP contribution in [0.15, 0.2) is 58.3 Å². The summed E-state index contributed by atoms with van der Waals surface area (Å²) in [5, 5.41) is 0. The molecule has 2 aromatic rings. The van der Waals surface area contributed by atoms with Gasteiger partial charge in [-0.25, -0.2) is 13.2 Å². The molecular weight excluding hydrogens is 320 g/mol. The standard InChI is InChI=1S/C16H16O4S2/c1-21-14-8-6-12(7-9-14)11-20-16(17)13-4-3-5-15(10-13)22(2,18)19/h3-10H,11H2,1-2H3. The van der Waals surface area contributed by atoms with Gasteiger partial charge < -0.3 is 4.74 Å². The van der Waals surface area contributed by atoms with Crippen LogP contribution in [0.2, 0.25) is 0 Å². The fourth-order valence-electron chi connectivity index (χ4n) is 1.81. The van der Waals surface area contributed by atoms with E-state index in [2.05, 4.69) is 0 Å². The first kappa shape index (κ1) is 16.6. The van der Waals surface area contributed by atoms with Crippen LogP contribution in [-0.4, -0.2) is 26.9 Å². The van der Waals surface area contributed by atoms with Crippen LogP contribution < -0.4 is 0 Å². The largest absolute Gasteiger partial charge is 0.457 e. The molecule has 2 aromatic carbocycles. The van der Waals surface area contributed by atoms with Crippen LogP contribution in [0.5, 0.6) is 0 Å². The summed E-state index contributed by atoms with van der Waals surface area (Å²) in [4.78, 5) is 13.2. The molecule has 2 rings (SSSR count). The van der Waals surface area contributed by atoms with Crippen molar-refractivity contribution in [3.63, 3.8) is 0 Å². The molecule has 0 radical (unpaired) electrons. The van der Waals surface area contributed by atoms with Gasteiger partial charge in [-0.2, -0.15) is 0 Å². The van der Waals surface area contributed by atoms with Crippen molar-refractivity contribution in [3.8, 4) is 0 Å². The Bertz CT molecular complexity index is 765. The number of rotatable bonds is 5. The SMILES string of the molecule is CSc1ccc(COC(=O)c2cccc(S(C)(=O)=O)c2)cc1. The summed E-state index contributed by atoms with van der Waals surface area (Å²) in [6.45, 7) is 0.149. The Balaban J connectivity index is 2.06. The van der Waals surface area contributed by atoms with E-state index < -0.39 is 15.8 Å². The van der Waals surface area contributed by atoms with Crippen molar-refractivity contribution in [2.75, 3.05) is 12.5 Å². The fraction of sp³-hybridized carbons (Fsp3) is 0.188. The average molecular weight is 336 g/mol. The number of hydrogen-bond acceptors (Lipinski definition) is 5. The molecule has 6 heteroatoms. The molecule has 0 saturated heterocycles. The van der Waals surface area contributed by atoms with E-state index >= 15 is 0 Å². The van der Waals surface area contributed by atoms with Gasteiger partial charge in [0.15, 0.2) is 9.84 Å². The van der Waals surface area contributed by atoms with E-state index in [0.29, 0.717) is 0 Å². The van der Waals surface area contributed by atoms with Gasteiger partial charge in [0.25, 0.3) is 0 Å². The normalized spacial score (nSPS) is 11.2. The number of hydrogen-bond donors (Lipinski definition) is 0. The minimum atomic E-state index is -3.34. The quantitative estimate of drug-likeness (QED) is 0.620. The third-order valence-electron chi connectivity index (χ3n) is 3.03. The molecule has 0 aromatic heterocycles. The first-order valence-corrected chi connectivity index (χ1v) is 9.62. The molecular formula is C16H16O4S2. The first-order valence-electron chi connectivity index (χ1n) is 6.50. The van der Waals surface area contributed by atoms with Gasteiger partial charge >= 0.3 is 5.97 Å². The summed E-state index contributed by atoms with van der Waals surface area (Å²) < 4.78 is 28.2. The number of esters is 1. The minimum Gasteiger partial charge on any atom is -0.457 e. The molecule has 4 nitrogen and oxygen atoms in total. The molecule has 0 aliphatic heterocycles. The van der Waals surface area contributed by atoms with Crippen LogP contribution in [0.1, 0.15) is 15.9 Å². The Morgan fingerprint density at radius 1 is 1.14 bits per heavy atom. The van der Waals surface area contributed by atoms with Crippen LogP contribution in [0.25, 0.3) is 0 Å². The lowest BCUT2D eigenvalue weighted by molar-refractivity contribution is 0.0472. The average Bonchev–Trinajstić information content (AvgIpc) is 2.52. The maximum absolute atomic E-state index is 12.0. The van der Waals surface area contributed by atoms with Crippen molar-refractivity contribution in [1.82, 2.24) is 0 Å². The predicted molar refractivity (Wildman–Crippen MR) is 86.9 cm³/mol. The molecule has 0 N–H and O–H groups in total. The summed E-state index contributed by atoms with van der Waals surface area (Å²) in [6.07, 6.45) is 3.09.